The van der Waals surface area contributed by atoms with E-state index in [-0.39, 0.29) is 11.8 Å². The molecule has 2 aromatic rings. The number of benzene rings is 1. The van der Waals surface area contributed by atoms with Gasteiger partial charge >= 0.3 is 0 Å². The van der Waals surface area contributed by atoms with Gasteiger partial charge in [0.05, 0.1) is 16.8 Å². The van der Waals surface area contributed by atoms with Gasteiger partial charge in [0.25, 0.3) is 11.8 Å². The second-order valence-corrected chi connectivity index (χ2v) is 7.43. The molecular weight excluding hydrogens is 352 g/mol. The zero-order valence-corrected chi connectivity index (χ0v) is 16.0. The first kappa shape index (κ1) is 18.8. The topological polar surface area (TPSA) is 65.5 Å². The predicted octanol–water partition coefficient (Wildman–Crippen LogP) is 2.32. The second-order valence-electron chi connectivity index (χ2n) is 7.43. The molecule has 1 N–H and O–H groups in total. The fourth-order valence-corrected chi connectivity index (χ4v) is 4.13. The Bertz CT molecular complexity index is 796. The fourth-order valence-electron chi connectivity index (χ4n) is 4.13. The Morgan fingerprint density at radius 2 is 1.75 bits per heavy atom. The summed E-state index contributed by atoms with van der Waals surface area (Å²) in [4.78, 5) is 33.6. The molecule has 2 aliphatic rings. The molecule has 2 aliphatic heterocycles. The molecule has 6 nitrogen and oxygen atoms in total. The van der Waals surface area contributed by atoms with Crippen LogP contribution in [0.3, 0.4) is 0 Å². The van der Waals surface area contributed by atoms with E-state index in [2.05, 4.69) is 15.2 Å². The number of carbonyl (C=O) groups excluding carboxylic acids is 2. The van der Waals surface area contributed by atoms with Crippen molar-refractivity contribution in [1.29, 1.82) is 0 Å². The molecule has 0 spiro atoms. The Morgan fingerprint density at radius 3 is 2.46 bits per heavy atom. The van der Waals surface area contributed by atoms with Crippen LogP contribution in [0.4, 0.5) is 0 Å². The van der Waals surface area contributed by atoms with Crippen LogP contribution in [0.1, 0.15) is 45.7 Å². The van der Waals surface area contributed by atoms with Crippen molar-refractivity contribution in [2.45, 2.75) is 31.8 Å². The molecule has 28 heavy (non-hydrogen) atoms. The molecule has 146 valence electrons. The number of hydrogen-bond donors (Lipinski definition) is 1. The summed E-state index contributed by atoms with van der Waals surface area (Å²) in [5, 5.41) is 3.46. The molecule has 1 aromatic carbocycles. The molecule has 4 rings (SSSR count). The largest absolute Gasteiger partial charge is 0.317 e. The van der Waals surface area contributed by atoms with E-state index in [0.29, 0.717) is 30.3 Å². The third-order valence-electron chi connectivity index (χ3n) is 5.64. The van der Waals surface area contributed by atoms with Crippen molar-refractivity contribution in [3.63, 3.8) is 0 Å². The number of aromatic nitrogens is 1. The molecule has 3 heterocycles. The average Bonchev–Trinajstić information content (AvgIpc) is 2.92. The van der Waals surface area contributed by atoms with E-state index in [4.69, 9.17) is 0 Å². The number of fused-ring (bicyclic) bond motifs is 1. The molecule has 6 heteroatoms. The summed E-state index contributed by atoms with van der Waals surface area (Å²) in [6.45, 7) is 3.84. The van der Waals surface area contributed by atoms with Gasteiger partial charge in [-0.25, -0.2) is 0 Å². The first-order chi connectivity index (χ1) is 13.7. The third kappa shape index (κ3) is 3.98. The van der Waals surface area contributed by atoms with Gasteiger partial charge in [0.1, 0.15) is 0 Å². The minimum absolute atomic E-state index is 0.180. The monoisotopic (exact) mass is 378 g/mol. The normalized spacial score (nSPS) is 19.8. The lowest BCUT2D eigenvalue weighted by molar-refractivity contribution is 0.0615. The molecule has 1 aromatic heterocycles. The average molecular weight is 378 g/mol. The maximum absolute atomic E-state index is 12.7. The lowest BCUT2D eigenvalue weighted by Crippen LogP contribution is -2.43. The summed E-state index contributed by atoms with van der Waals surface area (Å²) < 4.78 is 0. The summed E-state index contributed by atoms with van der Waals surface area (Å²) in [7, 11) is 0. The van der Waals surface area contributed by atoms with Crippen LogP contribution in [-0.4, -0.2) is 58.8 Å². The zero-order valence-electron chi connectivity index (χ0n) is 16.0. The Hall–Kier alpha value is -2.57. The van der Waals surface area contributed by atoms with Crippen LogP contribution >= 0.6 is 0 Å². The van der Waals surface area contributed by atoms with Crippen LogP contribution in [0.25, 0.3) is 0 Å². The SMILES string of the molecule is O=C1c2ccccc2C(=O)N1CCN(Cc1ccccn1)C1CCCNCC1. The fraction of sp³-hybridized carbons (Fsp3) is 0.409. The molecule has 1 fully saturated rings. The number of nitrogens with one attached hydrogen (secondary N) is 1. The van der Waals surface area contributed by atoms with Crippen LogP contribution < -0.4 is 5.32 Å². The number of imide groups is 1. The van der Waals surface area contributed by atoms with Crippen molar-refractivity contribution in [2.75, 3.05) is 26.2 Å². The minimum Gasteiger partial charge on any atom is -0.317 e. The zero-order chi connectivity index (χ0) is 19.3. The molecule has 0 aliphatic carbocycles. The molecule has 0 radical (unpaired) electrons. The summed E-state index contributed by atoms with van der Waals surface area (Å²) in [5.41, 5.74) is 2.05. The predicted molar refractivity (Wildman–Crippen MR) is 107 cm³/mol. The molecule has 0 saturated carbocycles. The highest BCUT2D eigenvalue weighted by Crippen LogP contribution is 2.23. The van der Waals surface area contributed by atoms with E-state index in [0.717, 1.165) is 44.6 Å². The van der Waals surface area contributed by atoms with E-state index in [1.54, 1.807) is 24.3 Å². The van der Waals surface area contributed by atoms with E-state index >= 15 is 0 Å². The van der Waals surface area contributed by atoms with Crippen molar-refractivity contribution in [3.8, 4) is 0 Å². The third-order valence-corrected chi connectivity index (χ3v) is 5.64. The maximum Gasteiger partial charge on any atom is 0.261 e. The van der Waals surface area contributed by atoms with Gasteiger partial charge in [-0.05, 0) is 56.6 Å². The highest BCUT2D eigenvalue weighted by atomic mass is 16.2. The van der Waals surface area contributed by atoms with Crippen molar-refractivity contribution in [3.05, 3.63) is 65.5 Å². The molecule has 1 atom stereocenters. The van der Waals surface area contributed by atoms with Crippen LogP contribution in [0.15, 0.2) is 48.7 Å². The highest BCUT2D eigenvalue weighted by Gasteiger charge is 2.35. The summed E-state index contributed by atoms with van der Waals surface area (Å²) in [6, 6.07) is 13.5. The van der Waals surface area contributed by atoms with Crippen LogP contribution in [0, 0.1) is 0 Å². The van der Waals surface area contributed by atoms with Gasteiger partial charge in [0.2, 0.25) is 0 Å². The Balaban J connectivity index is 1.48. The number of pyridine rings is 1. The van der Waals surface area contributed by atoms with Gasteiger partial charge in [-0.1, -0.05) is 18.2 Å². The number of carbonyl (C=O) groups is 2. The highest BCUT2D eigenvalue weighted by molar-refractivity contribution is 6.21. The van der Waals surface area contributed by atoms with Gasteiger partial charge in [0, 0.05) is 31.9 Å². The summed E-state index contributed by atoms with van der Waals surface area (Å²) in [5.74, 6) is -0.359. The Labute approximate surface area is 165 Å². The number of amides is 2. The molecule has 2 amide bonds. The standard InChI is InChI=1S/C22H26N4O2/c27-21-19-8-1-2-9-20(19)22(28)26(21)15-14-25(16-17-6-3-4-12-24-17)18-7-5-11-23-13-10-18/h1-4,6,8-9,12,18,23H,5,7,10-11,13-16H2. The van der Waals surface area contributed by atoms with Crippen LogP contribution in [0.5, 0.6) is 0 Å². The van der Waals surface area contributed by atoms with E-state index < -0.39 is 0 Å². The number of nitrogens with zero attached hydrogens (tertiary/aromatic N) is 3. The van der Waals surface area contributed by atoms with E-state index in [1.807, 2.05) is 24.4 Å². The van der Waals surface area contributed by atoms with Gasteiger partial charge in [-0.2, -0.15) is 0 Å². The molecule has 1 saturated heterocycles. The minimum atomic E-state index is -0.180. The Kier molecular flexibility index (Phi) is 5.78. The van der Waals surface area contributed by atoms with Crippen LogP contribution in [0.2, 0.25) is 0 Å². The van der Waals surface area contributed by atoms with Crippen molar-refractivity contribution in [2.24, 2.45) is 0 Å². The van der Waals surface area contributed by atoms with Crippen molar-refractivity contribution in [1.82, 2.24) is 20.1 Å². The summed E-state index contributed by atoms with van der Waals surface area (Å²) in [6.07, 6.45) is 5.12. The van der Waals surface area contributed by atoms with Gasteiger partial charge < -0.3 is 5.32 Å². The quantitative estimate of drug-likeness (QED) is 0.782. The maximum atomic E-state index is 12.7. The smallest absolute Gasteiger partial charge is 0.261 e. The van der Waals surface area contributed by atoms with E-state index in [9.17, 15) is 9.59 Å². The molecular formula is C22H26N4O2. The molecule has 0 bridgehead atoms. The number of hydrogen-bond acceptors (Lipinski definition) is 5. The first-order valence-corrected chi connectivity index (χ1v) is 10.0. The lowest BCUT2D eigenvalue weighted by Gasteiger charge is -2.32. The van der Waals surface area contributed by atoms with Crippen LogP contribution in [-0.2, 0) is 6.54 Å². The lowest BCUT2D eigenvalue weighted by atomic mass is 10.1. The van der Waals surface area contributed by atoms with Gasteiger partial charge in [-0.15, -0.1) is 0 Å². The first-order valence-electron chi connectivity index (χ1n) is 10.0. The van der Waals surface area contributed by atoms with Crippen molar-refractivity contribution < 1.29 is 9.59 Å². The van der Waals surface area contributed by atoms with Crippen molar-refractivity contribution >= 4 is 11.8 Å². The summed E-state index contributed by atoms with van der Waals surface area (Å²) >= 11 is 0. The Morgan fingerprint density at radius 1 is 1.00 bits per heavy atom. The van der Waals surface area contributed by atoms with Gasteiger partial charge in [0.15, 0.2) is 0 Å². The van der Waals surface area contributed by atoms with Gasteiger partial charge in [-0.3, -0.25) is 24.4 Å². The molecule has 1 unspecified atom stereocenters. The second kappa shape index (κ2) is 8.63. The van der Waals surface area contributed by atoms with E-state index in [1.165, 1.54) is 4.90 Å². The number of rotatable bonds is 6.